The van der Waals surface area contributed by atoms with E-state index in [4.69, 9.17) is 0 Å². The maximum atomic E-state index is 13.4. The van der Waals surface area contributed by atoms with Crippen molar-refractivity contribution in [1.29, 1.82) is 0 Å². The van der Waals surface area contributed by atoms with Gasteiger partial charge in [0.25, 0.3) is 0 Å². The topological polar surface area (TPSA) is 37.8 Å². The van der Waals surface area contributed by atoms with Gasteiger partial charge in [-0.3, -0.25) is 4.98 Å². The summed E-state index contributed by atoms with van der Waals surface area (Å²) in [6.07, 6.45) is 2.73. The number of aromatic nitrogens is 2. The van der Waals surface area contributed by atoms with Crippen LogP contribution < -0.4 is 5.32 Å². The second kappa shape index (κ2) is 4.04. The van der Waals surface area contributed by atoms with Crippen LogP contribution in [0.3, 0.4) is 0 Å². The van der Waals surface area contributed by atoms with Crippen molar-refractivity contribution in [3.05, 3.63) is 42.5 Å². The molecule has 0 aliphatic rings. The van der Waals surface area contributed by atoms with Crippen molar-refractivity contribution in [2.75, 3.05) is 12.4 Å². The summed E-state index contributed by atoms with van der Waals surface area (Å²) in [7, 11) is 1.77. The predicted molar refractivity (Wildman–Crippen MR) is 57.0 cm³/mol. The van der Waals surface area contributed by atoms with Gasteiger partial charge in [-0.1, -0.05) is 6.07 Å². The minimum atomic E-state index is -0.363. The molecule has 15 heavy (non-hydrogen) atoms. The fourth-order valence-electron chi connectivity index (χ4n) is 1.31. The van der Waals surface area contributed by atoms with Gasteiger partial charge in [-0.05, 0) is 18.2 Å². The van der Waals surface area contributed by atoms with E-state index in [2.05, 4.69) is 15.3 Å². The Morgan fingerprint density at radius 3 is 2.87 bits per heavy atom. The first-order chi connectivity index (χ1) is 7.31. The highest BCUT2D eigenvalue weighted by Gasteiger charge is 2.05. The zero-order valence-corrected chi connectivity index (χ0v) is 8.24. The van der Waals surface area contributed by atoms with Crippen molar-refractivity contribution < 1.29 is 4.39 Å². The van der Waals surface area contributed by atoms with Crippen LogP contribution in [0.25, 0.3) is 11.3 Å². The van der Waals surface area contributed by atoms with Crippen molar-refractivity contribution in [3.8, 4) is 11.3 Å². The standard InChI is InChI=1S/C11H10FN3/c1-13-11-4-2-3-10(15-11)8-5-6-14-7-9(8)12/h2-7H,1H3,(H,13,15). The molecule has 3 nitrogen and oxygen atoms in total. The Bertz CT molecular complexity index is 471. The first-order valence-corrected chi connectivity index (χ1v) is 4.56. The highest BCUT2D eigenvalue weighted by atomic mass is 19.1. The van der Waals surface area contributed by atoms with Crippen LogP contribution in [0.15, 0.2) is 36.7 Å². The molecule has 2 aromatic rings. The van der Waals surface area contributed by atoms with Crippen molar-refractivity contribution >= 4 is 5.82 Å². The minimum absolute atomic E-state index is 0.363. The molecule has 0 saturated carbocycles. The molecule has 0 radical (unpaired) electrons. The Kier molecular flexibility index (Phi) is 2.58. The molecular weight excluding hydrogens is 193 g/mol. The van der Waals surface area contributed by atoms with Gasteiger partial charge in [0.05, 0.1) is 11.9 Å². The Morgan fingerprint density at radius 2 is 2.13 bits per heavy atom. The summed E-state index contributed by atoms with van der Waals surface area (Å²) < 4.78 is 13.4. The number of anilines is 1. The summed E-state index contributed by atoms with van der Waals surface area (Å²) in [5.74, 6) is 0.349. The summed E-state index contributed by atoms with van der Waals surface area (Å²) in [5, 5.41) is 2.91. The lowest BCUT2D eigenvalue weighted by Crippen LogP contribution is -1.94. The maximum Gasteiger partial charge on any atom is 0.150 e. The molecule has 0 amide bonds. The van der Waals surface area contributed by atoms with E-state index in [9.17, 15) is 4.39 Å². The van der Waals surface area contributed by atoms with Crippen LogP contribution in [0, 0.1) is 5.82 Å². The average Bonchev–Trinajstić information content (AvgIpc) is 2.30. The number of nitrogens with one attached hydrogen (secondary N) is 1. The Balaban J connectivity index is 2.49. The van der Waals surface area contributed by atoms with Crippen LogP contribution in [0.5, 0.6) is 0 Å². The maximum absolute atomic E-state index is 13.4. The number of rotatable bonds is 2. The van der Waals surface area contributed by atoms with Gasteiger partial charge >= 0.3 is 0 Å². The van der Waals surface area contributed by atoms with E-state index < -0.39 is 0 Å². The van der Waals surface area contributed by atoms with Crippen LogP contribution in [0.2, 0.25) is 0 Å². The molecule has 0 aliphatic heterocycles. The summed E-state index contributed by atoms with van der Waals surface area (Å²) in [5.41, 5.74) is 1.06. The van der Waals surface area contributed by atoms with Crippen LogP contribution >= 0.6 is 0 Å². The van der Waals surface area contributed by atoms with Crippen LogP contribution in [-0.2, 0) is 0 Å². The molecule has 2 aromatic heterocycles. The van der Waals surface area contributed by atoms with E-state index in [1.54, 1.807) is 25.4 Å². The molecule has 4 heteroatoms. The van der Waals surface area contributed by atoms with Gasteiger partial charge in [0.2, 0.25) is 0 Å². The van der Waals surface area contributed by atoms with E-state index in [1.807, 2.05) is 12.1 Å². The molecule has 2 rings (SSSR count). The third-order valence-electron chi connectivity index (χ3n) is 2.05. The van der Waals surface area contributed by atoms with E-state index in [0.29, 0.717) is 17.1 Å². The smallest absolute Gasteiger partial charge is 0.150 e. The molecule has 1 N–H and O–H groups in total. The zero-order valence-electron chi connectivity index (χ0n) is 8.24. The number of nitrogens with zero attached hydrogens (tertiary/aromatic N) is 2. The number of hydrogen-bond donors (Lipinski definition) is 1. The third kappa shape index (κ3) is 1.93. The van der Waals surface area contributed by atoms with Crippen molar-refractivity contribution in [2.45, 2.75) is 0 Å². The predicted octanol–water partition coefficient (Wildman–Crippen LogP) is 2.32. The summed E-state index contributed by atoms with van der Waals surface area (Å²) in [6, 6.07) is 7.02. The van der Waals surface area contributed by atoms with Gasteiger partial charge < -0.3 is 5.32 Å². The Hall–Kier alpha value is -1.97. The molecule has 0 aliphatic carbocycles. The van der Waals surface area contributed by atoms with Crippen LogP contribution in [0.1, 0.15) is 0 Å². The van der Waals surface area contributed by atoms with Gasteiger partial charge in [0, 0.05) is 18.8 Å². The first kappa shape index (κ1) is 9.58. The van der Waals surface area contributed by atoms with Crippen molar-refractivity contribution in [3.63, 3.8) is 0 Å². The molecule has 0 bridgehead atoms. The van der Waals surface area contributed by atoms with Gasteiger partial charge in [0.15, 0.2) is 5.82 Å². The average molecular weight is 203 g/mol. The highest BCUT2D eigenvalue weighted by Crippen LogP contribution is 2.20. The summed E-state index contributed by atoms with van der Waals surface area (Å²) >= 11 is 0. The number of pyridine rings is 2. The molecule has 76 valence electrons. The van der Waals surface area contributed by atoms with Crippen molar-refractivity contribution in [2.24, 2.45) is 0 Å². The van der Waals surface area contributed by atoms with E-state index in [-0.39, 0.29) is 5.82 Å². The molecule has 0 atom stereocenters. The van der Waals surface area contributed by atoms with Crippen LogP contribution in [-0.4, -0.2) is 17.0 Å². The summed E-state index contributed by atoms with van der Waals surface area (Å²) in [6.45, 7) is 0. The van der Waals surface area contributed by atoms with Crippen LogP contribution in [0.4, 0.5) is 10.2 Å². The van der Waals surface area contributed by atoms with Gasteiger partial charge in [-0.15, -0.1) is 0 Å². The third-order valence-corrected chi connectivity index (χ3v) is 2.05. The number of hydrogen-bond acceptors (Lipinski definition) is 3. The van der Waals surface area contributed by atoms with Gasteiger partial charge in [0.1, 0.15) is 5.82 Å². The molecular formula is C11H10FN3. The number of halogens is 1. The quantitative estimate of drug-likeness (QED) is 0.813. The zero-order chi connectivity index (χ0) is 10.7. The van der Waals surface area contributed by atoms with Gasteiger partial charge in [-0.25, -0.2) is 9.37 Å². The Labute approximate surface area is 87.0 Å². The lowest BCUT2D eigenvalue weighted by atomic mass is 10.2. The summed E-state index contributed by atoms with van der Waals surface area (Å²) in [4.78, 5) is 7.94. The molecule has 0 saturated heterocycles. The molecule has 0 unspecified atom stereocenters. The van der Waals surface area contributed by atoms with Gasteiger partial charge in [-0.2, -0.15) is 0 Å². The second-order valence-corrected chi connectivity index (χ2v) is 3.01. The van der Waals surface area contributed by atoms with E-state index >= 15 is 0 Å². The SMILES string of the molecule is CNc1cccc(-c2ccncc2F)n1. The molecule has 0 fully saturated rings. The normalized spacial score (nSPS) is 10.0. The fourth-order valence-corrected chi connectivity index (χ4v) is 1.31. The van der Waals surface area contributed by atoms with Crippen molar-refractivity contribution in [1.82, 2.24) is 9.97 Å². The minimum Gasteiger partial charge on any atom is -0.373 e. The monoisotopic (exact) mass is 203 g/mol. The second-order valence-electron chi connectivity index (χ2n) is 3.01. The fraction of sp³-hybridized carbons (Fsp3) is 0.0909. The molecule has 0 aromatic carbocycles. The molecule has 2 heterocycles. The Morgan fingerprint density at radius 1 is 1.27 bits per heavy atom. The lowest BCUT2D eigenvalue weighted by Gasteiger charge is -2.04. The van der Waals surface area contributed by atoms with E-state index in [1.165, 1.54) is 6.20 Å². The van der Waals surface area contributed by atoms with E-state index in [0.717, 1.165) is 0 Å². The molecule has 0 spiro atoms. The first-order valence-electron chi connectivity index (χ1n) is 4.56. The lowest BCUT2D eigenvalue weighted by molar-refractivity contribution is 0.624. The highest BCUT2D eigenvalue weighted by molar-refractivity contribution is 5.61. The largest absolute Gasteiger partial charge is 0.373 e.